The quantitative estimate of drug-likeness (QED) is 0.209. The summed E-state index contributed by atoms with van der Waals surface area (Å²) in [6.07, 6.45) is 14.4. The summed E-state index contributed by atoms with van der Waals surface area (Å²) >= 11 is 0. The van der Waals surface area contributed by atoms with Gasteiger partial charge in [-0.25, -0.2) is 4.98 Å². The number of anilines is 1. The highest BCUT2D eigenvalue weighted by molar-refractivity contribution is 5.97. The molecule has 0 atom stereocenters. The Kier molecular flexibility index (Phi) is 7.42. The molecule has 3 N–H and O–H groups in total. The number of nitrogens with one attached hydrogen (secondary N) is 3. The zero-order valence-corrected chi connectivity index (χ0v) is 23.6. The molecule has 4 aromatic rings. The molecule has 0 radical (unpaired) electrons. The summed E-state index contributed by atoms with van der Waals surface area (Å²) in [7, 11) is 0. The van der Waals surface area contributed by atoms with E-state index in [9.17, 15) is 0 Å². The number of fused-ring (bicyclic) bond motifs is 2. The molecule has 0 aliphatic carbocycles. The third-order valence-corrected chi connectivity index (χ3v) is 7.10. The average molecular weight is 522 g/mol. The lowest BCUT2D eigenvalue weighted by Gasteiger charge is -2.28. The Labute approximate surface area is 230 Å². The number of hydrogen-bond donors (Lipinski definition) is 3. The third-order valence-electron chi connectivity index (χ3n) is 7.10. The van der Waals surface area contributed by atoms with Crippen molar-refractivity contribution >= 4 is 33.2 Å². The fraction of sp³-hybridized carbons (Fsp3) is 0.344. The van der Waals surface area contributed by atoms with Crippen molar-refractivity contribution in [1.82, 2.24) is 30.5 Å². The standard InChI is InChI=1S/C32H39N7/c1-7-22(16-24(8-2)34-21(3)18-32(4,5)6)23-12-13-26-25(17-23)29(38-37-26)31-35-27-19-33-20-28(30(27)36-31)39-14-10-9-11-15-39/h7-8,12-13,16-17,19-20,34H,2-3,9-11,14-15,18H2,1,4-6H3,(H,35,36)(H,37,38)/b22-7+,24-16+. The van der Waals surface area contributed by atoms with Crippen molar-refractivity contribution in [1.29, 1.82) is 0 Å². The van der Waals surface area contributed by atoms with Gasteiger partial charge in [0.2, 0.25) is 0 Å². The van der Waals surface area contributed by atoms with Crippen molar-refractivity contribution in [3.8, 4) is 11.5 Å². The van der Waals surface area contributed by atoms with E-state index in [0.717, 1.165) is 81.2 Å². The molecule has 7 heteroatoms. The monoisotopic (exact) mass is 521 g/mol. The molecule has 0 amide bonds. The second-order valence-corrected chi connectivity index (χ2v) is 11.5. The Bertz CT molecular complexity index is 1570. The predicted octanol–water partition coefficient (Wildman–Crippen LogP) is 7.50. The summed E-state index contributed by atoms with van der Waals surface area (Å²) in [6.45, 7) is 19.0. The zero-order valence-electron chi connectivity index (χ0n) is 23.6. The van der Waals surface area contributed by atoms with Crippen LogP contribution in [0.5, 0.6) is 0 Å². The lowest BCUT2D eigenvalue weighted by atomic mass is 9.91. The highest BCUT2D eigenvalue weighted by Crippen LogP contribution is 2.32. The van der Waals surface area contributed by atoms with Crippen LogP contribution in [0.3, 0.4) is 0 Å². The lowest BCUT2D eigenvalue weighted by Crippen LogP contribution is -2.29. The first kappa shape index (κ1) is 26.5. The van der Waals surface area contributed by atoms with Gasteiger partial charge in [-0.15, -0.1) is 0 Å². The van der Waals surface area contributed by atoms with E-state index in [4.69, 9.17) is 4.98 Å². The number of aromatic amines is 2. The smallest absolute Gasteiger partial charge is 0.159 e. The van der Waals surface area contributed by atoms with Gasteiger partial charge in [-0.05, 0) is 73.4 Å². The predicted molar refractivity (Wildman–Crippen MR) is 163 cm³/mol. The van der Waals surface area contributed by atoms with E-state index in [1.165, 1.54) is 19.3 Å². The van der Waals surface area contributed by atoms with Gasteiger partial charge in [0.05, 0.1) is 29.1 Å². The number of piperidine rings is 1. The van der Waals surface area contributed by atoms with E-state index in [1.807, 2.05) is 25.4 Å². The zero-order chi connectivity index (χ0) is 27.6. The molecule has 0 bridgehead atoms. The van der Waals surface area contributed by atoms with E-state index in [2.05, 4.69) is 94.7 Å². The fourth-order valence-electron chi connectivity index (χ4n) is 5.31. The van der Waals surface area contributed by atoms with Crippen molar-refractivity contribution in [2.75, 3.05) is 18.0 Å². The van der Waals surface area contributed by atoms with Crippen LogP contribution in [-0.2, 0) is 0 Å². The van der Waals surface area contributed by atoms with Gasteiger partial charge in [0.15, 0.2) is 5.82 Å². The summed E-state index contributed by atoms with van der Waals surface area (Å²) in [6, 6.07) is 6.35. The number of hydrogen-bond acceptors (Lipinski definition) is 5. The van der Waals surface area contributed by atoms with Gasteiger partial charge in [-0.3, -0.25) is 10.1 Å². The van der Waals surface area contributed by atoms with Crippen LogP contribution in [0.15, 0.2) is 73.4 Å². The Morgan fingerprint density at radius 2 is 1.92 bits per heavy atom. The van der Waals surface area contributed by atoms with Gasteiger partial charge < -0.3 is 15.2 Å². The van der Waals surface area contributed by atoms with E-state index in [-0.39, 0.29) is 5.41 Å². The molecular formula is C32H39N7. The summed E-state index contributed by atoms with van der Waals surface area (Å²) in [5.74, 6) is 0.740. The fourth-order valence-corrected chi connectivity index (χ4v) is 5.31. The molecule has 1 aliphatic rings. The highest BCUT2D eigenvalue weighted by atomic mass is 15.2. The summed E-state index contributed by atoms with van der Waals surface area (Å²) in [5.41, 5.74) is 8.94. The molecule has 1 aromatic carbocycles. The van der Waals surface area contributed by atoms with Crippen LogP contribution >= 0.6 is 0 Å². The lowest BCUT2D eigenvalue weighted by molar-refractivity contribution is 0.403. The van der Waals surface area contributed by atoms with E-state index >= 15 is 0 Å². The summed E-state index contributed by atoms with van der Waals surface area (Å²) in [4.78, 5) is 15.4. The van der Waals surface area contributed by atoms with Crippen LogP contribution in [0.1, 0.15) is 58.9 Å². The first-order valence-electron chi connectivity index (χ1n) is 13.8. The second-order valence-electron chi connectivity index (χ2n) is 11.5. The molecule has 5 rings (SSSR count). The molecule has 39 heavy (non-hydrogen) atoms. The first-order chi connectivity index (χ1) is 18.8. The summed E-state index contributed by atoms with van der Waals surface area (Å²) in [5, 5.41) is 12.3. The number of H-pyrrole nitrogens is 2. The second kappa shape index (κ2) is 10.9. The Balaban J connectivity index is 1.48. The van der Waals surface area contributed by atoms with Crippen LogP contribution < -0.4 is 10.2 Å². The molecule has 0 unspecified atom stereocenters. The number of aromatic nitrogens is 5. The number of benzene rings is 1. The van der Waals surface area contributed by atoms with Crippen LogP contribution in [0.25, 0.3) is 39.0 Å². The van der Waals surface area contributed by atoms with Crippen molar-refractivity contribution in [3.05, 3.63) is 78.9 Å². The molecule has 3 aromatic heterocycles. The minimum atomic E-state index is 0.157. The topological polar surface area (TPSA) is 85.5 Å². The normalized spacial score (nSPS) is 15.2. The molecule has 1 aliphatic heterocycles. The van der Waals surface area contributed by atoms with Gasteiger partial charge in [0.1, 0.15) is 11.2 Å². The number of pyridine rings is 1. The Morgan fingerprint density at radius 1 is 1.13 bits per heavy atom. The number of allylic oxidation sites excluding steroid dienone is 5. The van der Waals surface area contributed by atoms with Crippen LogP contribution in [0.2, 0.25) is 0 Å². The van der Waals surface area contributed by atoms with Crippen LogP contribution in [0.4, 0.5) is 5.69 Å². The van der Waals surface area contributed by atoms with Gasteiger partial charge in [0, 0.05) is 29.9 Å². The molecule has 0 spiro atoms. The SMILES string of the molecule is C=C/C(=C\C(=C/C)c1ccc2[nH]nc(-c3nc4c(N5CCCCC5)cncc4[nH]3)c2c1)NC(=C)CC(C)(C)C. The highest BCUT2D eigenvalue weighted by Gasteiger charge is 2.19. The molecule has 202 valence electrons. The Hall–Kier alpha value is -4.13. The van der Waals surface area contributed by atoms with Gasteiger partial charge in [-0.2, -0.15) is 5.10 Å². The molecule has 1 fully saturated rings. The van der Waals surface area contributed by atoms with Crippen molar-refractivity contribution in [2.45, 2.75) is 53.4 Å². The van der Waals surface area contributed by atoms with Gasteiger partial charge >= 0.3 is 0 Å². The minimum Gasteiger partial charge on any atom is -0.368 e. The van der Waals surface area contributed by atoms with Crippen LogP contribution in [0, 0.1) is 5.41 Å². The van der Waals surface area contributed by atoms with Crippen molar-refractivity contribution < 1.29 is 0 Å². The third kappa shape index (κ3) is 5.82. The Morgan fingerprint density at radius 3 is 2.64 bits per heavy atom. The summed E-state index contributed by atoms with van der Waals surface area (Å²) < 4.78 is 0. The van der Waals surface area contributed by atoms with E-state index in [0.29, 0.717) is 0 Å². The molecule has 4 heterocycles. The molecular weight excluding hydrogens is 482 g/mol. The maximum Gasteiger partial charge on any atom is 0.159 e. The van der Waals surface area contributed by atoms with Crippen molar-refractivity contribution in [2.24, 2.45) is 5.41 Å². The first-order valence-corrected chi connectivity index (χ1v) is 13.8. The number of rotatable bonds is 8. The van der Waals surface area contributed by atoms with Crippen molar-refractivity contribution in [3.63, 3.8) is 0 Å². The molecule has 0 saturated carbocycles. The molecule has 7 nitrogen and oxygen atoms in total. The van der Waals surface area contributed by atoms with E-state index in [1.54, 1.807) is 0 Å². The maximum absolute atomic E-state index is 5.02. The molecule has 1 saturated heterocycles. The largest absolute Gasteiger partial charge is 0.368 e. The van der Waals surface area contributed by atoms with Crippen LogP contribution in [-0.4, -0.2) is 38.2 Å². The maximum atomic E-state index is 5.02. The number of imidazole rings is 1. The minimum absolute atomic E-state index is 0.157. The van der Waals surface area contributed by atoms with Gasteiger partial charge in [-0.1, -0.05) is 46.1 Å². The number of nitrogens with zero attached hydrogens (tertiary/aromatic N) is 4. The average Bonchev–Trinajstić information content (AvgIpc) is 3.54. The van der Waals surface area contributed by atoms with E-state index < -0.39 is 0 Å². The van der Waals surface area contributed by atoms with Gasteiger partial charge in [0.25, 0.3) is 0 Å².